The number of carbonyl (C=O) groups excluding carboxylic acids is 2. The summed E-state index contributed by atoms with van der Waals surface area (Å²) in [6.45, 7) is 6.53. The van der Waals surface area contributed by atoms with E-state index >= 15 is 0 Å². The summed E-state index contributed by atoms with van der Waals surface area (Å²) < 4.78 is 33.5. The van der Waals surface area contributed by atoms with E-state index in [1.54, 1.807) is 19.1 Å². The summed E-state index contributed by atoms with van der Waals surface area (Å²) in [4.78, 5) is 24.2. The Hall–Kier alpha value is -2.68. The molecule has 0 radical (unpaired) electrons. The molecule has 140 valence electrons. The van der Waals surface area contributed by atoms with Gasteiger partial charge >= 0.3 is 16.2 Å². The Bertz CT molecular complexity index is 903. The van der Waals surface area contributed by atoms with Gasteiger partial charge in [-0.25, -0.2) is 9.10 Å². The molecule has 1 aromatic rings. The smallest absolute Gasteiger partial charge is 0.344 e. The molecule has 0 unspecified atom stereocenters. The van der Waals surface area contributed by atoms with Crippen LogP contribution in [-0.4, -0.2) is 43.5 Å². The molecule has 0 bridgehead atoms. The van der Waals surface area contributed by atoms with Gasteiger partial charge in [-0.3, -0.25) is 4.79 Å². The number of aryl methyl sites for hydroxylation is 2. The van der Waals surface area contributed by atoms with Gasteiger partial charge in [0.1, 0.15) is 6.54 Å². The quantitative estimate of drug-likeness (QED) is 0.784. The molecule has 1 aliphatic heterocycles. The van der Waals surface area contributed by atoms with Crippen LogP contribution in [0.5, 0.6) is 0 Å². The highest BCUT2D eigenvalue weighted by molar-refractivity contribution is 7.88. The highest BCUT2D eigenvalue weighted by atomic mass is 32.2. The Labute approximate surface area is 152 Å². The van der Waals surface area contributed by atoms with Crippen molar-refractivity contribution in [2.24, 2.45) is 4.40 Å². The number of carbonyl (C=O) groups is 2. The number of hydrogen-bond acceptors (Lipinski definition) is 5. The van der Waals surface area contributed by atoms with Crippen molar-refractivity contribution in [3.05, 3.63) is 41.1 Å². The largest absolute Gasteiger partial charge is 0.462 e. The van der Waals surface area contributed by atoms with E-state index in [0.29, 0.717) is 5.69 Å². The van der Waals surface area contributed by atoms with Gasteiger partial charge in [0, 0.05) is 11.9 Å². The fraction of sp³-hybridized carbons (Fsp3) is 0.353. The Kier molecular flexibility index (Phi) is 5.81. The van der Waals surface area contributed by atoms with Gasteiger partial charge in [0.05, 0.1) is 17.9 Å². The van der Waals surface area contributed by atoms with Crippen molar-refractivity contribution in [3.8, 4) is 0 Å². The number of hydrogen-bond donors (Lipinski definition) is 1. The molecule has 0 fully saturated rings. The topological polar surface area (TPSA) is 105 Å². The molecule has 0 aliphatic carbocycles. The third-order valence-corrected chi connectivity index (χ3v) is 5.13. The lowest BCUT2D eigenvalue weighted by atomic mass is 10.1. The van der Waals surface area contributed by atoms with Crippen molar-refractivity contribution in [2.75, 3.05) is 18.5 Å². The SMILES string of the molecule is CCOC(=O)C1=CN(CC(=O)Nc2ccc(C)c(C)c2)S(=O)(=O)N=C1C. The first-order chi connectivity index (χ1) is 12.1. The lowest BCUT2D eigenvalue weighted by molar-refractivity contribution is -0.138. The molecular formula is C17H21N3O5S. The van der Waals surface area contributed by atoms with Crippen LogP contribution in [0.25, 0.3) is 0 Å². The molecule has 0 spiro atoms. The molecule has 8 nitrogen and oxygen atoms in total. The van der Waals surface area contributed by atoms with E-state index in [1.165, 1.54) is 6.92 Å². The van der Waals surface area contributed by atoms with E-state index in [4.69, 9.17) is 4.74 Å². The minimum absolute atomic E-state index is 0.000607. The molecular weight excluding hydrogens is 358 g/mol. The van der Waals surface area contributed by atoms with E-state index in [9.17, 15) is 18.0 Å². The molecule has 26 heavy (non-hydrogen) atoms. The fourth-order valence-corrected chi connectivity index (χ4v) is 3.34. The van der Waals surface area contributed by atoms with Crippen LogP contribution in [0.15, 0.2) is 34.4 Å². The zero-order valence-electron chi connectivity index (χ0n) is 15.1. The molecule has 1 amide bonds. The second-order valence-electron chi connectivity index (χ2n) is 5.81. The second-order valence-corrected chi connectivity index (χ2v) is 7.36. The zero-order chi connectivity index (χ0) is 19.5. The molecule has 2 rings (SSSR count). The first-order valence-electron chi connectivity index (χ1n) is 7.98. The van der Waals surface area contributed by atoms with Crippen molar-refractivity contribution < 1.29 is 22.7 Å². The van der Waals surface area contributed by atoms with E-state index in [1.807, 2.05) is 19.9 Å². The van der Waals surface area contributed by atoms with Crippen LogP contribution < -0.4 is 5.32 Å². The summed E-state index contributed by atoms with van der Waals surface area (Å²) in [7, 11) is -4.08. The minimum Gasteiger partial charge on any atom is -0.462 e. The van der Waals surface area contributed by atoms with Crippen LogP contribution in [0.1, 0.15) is 25.0 Å². The van der Waals surface area contributed by atoms with Gasteiger partial charge in [0.25, 0.3) is 0 Å². The summed E-state index contributed by atoms with van der Waals surface area (Å²) in [6.07, 6.45) is 1.08. The lowest BCUT2D eigenvalue weighted by Crippen LogP contribution is -2.37. The molecule has 0 saturated carbocycles. The maximum atomic E-state index is 12.2. The highest BCUT2D eigenvalue weighted by Gasteiger charge is 2.30. The summed E-state index contributed by atoms with van der Waals surface area (Å²) in [5.74, 6) is -1.24. The average molecular weight is 379 g/mol. The van der Waals surface area contributed by atoms with E-state index in [0.717, 1.165) is 21.6 Å². The molecule has 1 aromatic carbocycles. The highest BCUT2D eigenvalue weighted by Crippen LogP contribution is 2.18. The van der Waals surface area contributed by atoms with Crippen molar-refractivity contribution in [2.45, 2.75) is 27.7 Å². The van der Waals surface area contributed by atoms with Gasteiger partial charge in [0.15, 0.2) is 0 Å². The molecule has 1 heterocycles. The third-order valence-electron chi connectivity index (χ3n) is 3.80. The van der Waals surface area contributed by atoms with Crippen LogP contribution >= 0.6 is 0 Å². The minimum atomic E-state index is -4.08. The zero-order valence-corrected chi connectivity index (χ0v) is 15.9. The van der Waals surface area contributed by atoms with Crippen LogP contribution in [0.2, 0.25) is 0 Å². The van der Waals surface area contributed by atoms with Gasteiger partial charge in [-0.15, -0.1) is 4.40 Å². The second kappa shape index (κ2) is 7.69. The number of esters is 1. The van der Waals surface area contributed by atoms with Crippen molar-refractivity contribution in [3.63, 3.8) is 0 Å². The van der Waals surface area contributed by atoms with Gasteiger partial charge in [-0.1, -0.05) is 6.07 Å². The summed E-state index contributed by atoms with van der Waals surface area (Å²) in [6, 6.07) is 5.38. The molecule has 1 N–H and O–H groups in total. The standard InChI is InChI=1S/C17H21N3O5S/c1-5-25-17(22)15-9-20(26(23,24)19-13(15)4)10-16(21)18-14-7-6-11(2)12(3)8-14/h6-9H,5,10H2,1-4H3,(H,18,21). The van der Waals surface area contributed by atoms with Crippen molar-refractivity contribution in [1.29, 1.82) is 0 Å². The summed E-state index contributed by atoms with van der Waals surface area (Å²) in [5, 5.41) is 2.64. The number of ether oxygens (including phenoxy) is 1. The maximum absolute atomic E-state index is 12.2. The van der Waals surface area contributed by atoms with Crippen LogP contribution in [0, 0.1) is 13.8 Å². The first-order valence-corrected chi connectivity index (χ1v) is 9.38. The monoisotopic (exact) mass is 379 g/mol. The Balaban J connectivity index is 2.18. The summed E-state index contributed by atoms with van der Waals surface area (Å²) in [5.41, 5.74) is 2.66. The first kappa shape index (κ1) is 19.6. The van der Waals surface area contributed by atoms with Gasteiger partial charge < -0.3 is 10.1 Å². The normalized spacial score (nSPS) is 15.8. The maximum Gasteiger partial charge on any atom is 0.344 e. The number of rotatable bonds is 5. The molecule has 1 aliphatic rings. The lowest BCUT2D eigenvalue weighted by Gasteiger charge is -2.22. The van der Waals surface area contributed by atoms with E-state index in [2.05, 4.69) is 9.71 Å². The Morgan fingerprint density at radius 2 is 1.88 bits per heavy atom. The Morgan fingerprint density at radius 3 is 2.50 bits per heavy atom. The molecule has 0 atom stereocenters. The van der Waals surface area contributed by atoms with Crippen molar-refractivity contribution >= 4 is 33.5 Å². The predicted molar refractivity (Wildman–Crippen MR) is 98.0 cm³/mol. The number of nitrogens with one attached hydrogen (secondary N) is 1. The van der Waals surface area contributed by atoms with Crippen LogP contribution in [0.4, 0.5) is 5.69 Å². The van der Waals surface area contributed by atoms with Crippen molar-refractivity contribution in [1.82, 2.24) is 4.31 Å². The number of anilines is 1. The number of amides is 1. The van der Waals surface area contributed by atoms with Gasteiger partial charge in [-0.2, -0.15) is 8.42 Å². The average Bonchev–Trinajstić information content (AvgIpc) is 2.53. The molecule has 9 heteroatoms. The van der Waals surface area contributed by atoms with Gasteiger partial charge in [-0.05, 0) is 51.0 Å². The van der Waals surface area contributed by atoms with E-state index < -0.39 is 28.6 Å². The molecule has 0 saturated heterocycles. The number of nitrogens with zero attached hydrogens (tertiary/aromatic N) is 2. The molecule has 0 aromatic heterocycles. The summed E-state index contributed by atoms with van der Waals surface area (Å²) >= 11 is 0. The fourth-order valence-electron chi connectivity index (χ4n) is 2.28. The predicted octanol–water partition coefficient (Wildman–Crippen LogP) is 1.71. The van der Waals surface area contributed by atoms with Gasteiger partial charge in [0.2, 0.25) is 5.91 Å². The number of benzene rings is 1. The third kappa shape index (κ3) is 4.48. The van der Waals surface area contributed by atoms with Crippen LogP contribution in [0.3, 0.4) is 0 Å². The van der Waals surface area contributed by atoms with Crippen LogP contribution in [-0.2, 0) is 24.5 Å². The van der Waals surface area contributed by atoms with E-state index in [-0.39, 0.29) is 17.9 Å². The Morgan fingerprint density at radius 1 is 1.19 bits per heavy atom.